The van der Waals surface area contributed by atoms with Crippen molar-refractivity contribution in [1.82, 2.24) is 9.78 Å². The summed E-state index contributed by atoms with van der Waals surface area (Å²) in [4.78, 5) is 10.5. The summed E-state index contributed by atoms with van der Waals surface area (Å²) in [5.74, 6) is -1.30. The van der Waals surface area contributed by atoms with Crippen LogP contribution in [0.15, 0.2) is 6.07 Å². The molecular weight excluding hydrogens is 201 g/mol. The highest BCUT2D eigenvalue weighted by molar-refractivity contribution is 5.85. The summed E-state index contributed by atoms with van der Waals surface area (Å²) in [5.41, 5.74) is -0.554. The number of aromatic carboxylic acids is 1. The molecule has 0 atom stereocenters. The second kappa shape index (κ2) is 3.32. The standard InChI is InChI=1S/C7H7F3N2O2/c1-12-5(6(13)14)2-4(11-12)3-7(8,9)10/h2H,3H2,1H3,(H,13,14). The Morgan fingerprint density at radius 1 is 1.64 bits per heavy atom. The molecule has 14 heavy (non-hydrogen) atoms. The summed E-state index contributed by atoms with van der Waals surface area (Å²) >= 11 is 0. The van der Waals surface area contributed by atoms with Crippen molar-refractivity contribution in [2.45, 2.75) is 12.6 Å². The Labute approximate surface area is 77.0 Å². The zero-order valence-corrected chi connectivity index (χ0v) is 7.17. The van der Waals surface area contributed by atoms with Gasteiger partial charge in [-0.15, -0.1) is 0 Å². The minimum Gasteiger partial charge on any atom is -0.477 e. The molecule has 1 N–H and O–H groups in total. The van der Waals surface area contributed by atoms with Gasteiger partial charge in [-0.3, -0.25) is 4.68 Å². The van der Waals surface area contributed by atoms with Crippen LogP contribution in [-0.2, 0) is 13.5 Å². The molecule has 0 aliphatic carbocycles. The minimum absolute atomic E-state index is 0.260. The van der Waals surface area contributed by atoms with Gasteiger partial charge in [0.2, 0.25) is 0 Å². The van der Waals surface area contributed by atoms with Gasteiger partial charge in [-0.1, -0.05) is 0 Å². The largest absolute Gasteiger partial charge is 0.477 e. The van der Waals surface area contributed by atoms with Crippen molar-refractivity contribution in [2.75, 3.05) is 0 Å². The van der Waals surface area contributed by atoms with E-state index in [2.05, 4.69) is 5.10 Å². The summed E-state index contributed by atoms with van der Waals surface area (Å²) in [7, 11) is 1.28. The highest BCUT2D eigenvalue weighted by Gasteiger charge is 2.29. The molecule has 0 aliphatic heterocycles. The predicted octanol–water partition coefficient (Wildman–Crippen LogP) is 1.22. The van der Waals surface area contributed by atoms with Crippen LogP contribution in [0.5, 0.6) is 0 Å². The molecule has 0 amide bonds. The monoisotopic (exact) mass is 208 g/mol. The van der Waals surface area contributed by atoms with E-state index in [4.69, 9.17) is 5.11 Å². The second-order valence-electron chi connectivity index (χ2n) is 2.74. The topological polar surface area (TPSA) is 55.1 Å². The number of hydrogen-bond donors (Lipinski definition) is 1. The Morgan fingerprint density at radius 3 is 2.57 bits per heavy atom. The Morgan fingerprint density at radius 2 is 2.21 bits per heavy atom. The third kappa shape index (κ3) is 2.48. The first-order chi connectivity index (χ1) is 6.29. The first kappa shape index (κ1) is 10.6. The molecule has 7 heteroatoms. The molecular formula is C7H7F3N2O2. The van der Waals surface area contributed by atoms with E-state index in [1.165, 1.54) is 7.05 Å². The van der Waals surface area contributed by atoms with E-state index in [1.54, 1.807) is 0 Å². The Kier molecular flexibility index (Phi) is 2.50. The maximum atomic E-state index is 11.9. The molecule has 0 bridgehead atoms. The van der Waals surface area contributed by atoms with E-state index in [1.807, 2.05) is 0 Å². The molecule has 4 nitrogen and oxygen atoms in total. The van der Waals surface area contributed by atoms with Crippen LogP contribution in [0.1, 0.15) is 16.2 Å². The molecule has 0 saturated heterocycles. The number of nitrogens with zero attached hydrogens (tertiary/aromatic N) is 2. The van der Waals surface area contributed by atoms with Crippen LogP contribution in [0, 0.1) is 0 Å². The van der Waals surface area contributed by atoms with Crippen LogP contribution in [0.4, 0.5) is 13.2 Å². The number of carbonyl (C=O) groups is 1. The van der Waals surface area contributed by atoms with Crippen molar-refractivity contribution >= 4 is 5.97 Å². The molecule has 0 aliphatic rings. The van der Waals surface area contributed by atoms with Gasteiger partial charge in [-0.2, -0.15) is 18.3 Å². The van der Waals surface area contributed by atoms with Gasteiger partial charge in [0.25, 0.3) is 0 Å². The molecule has 0 fully saturated rings. The van der Waals surface area contributed by atoms with Crippen molar-refractivity contribution in [3.8, 4) is 0 Å². The molecule has 1 aromatic heterocycles. The van der Waals surface area contributed by atoms with Crippen LogP contribution in [0.25, 0.3) is 0 Å². The van der Waals surface area contributed by atoms with Crippen molar-refractivity contribution < 1.29 is 23.1 Å². The highest BCUT2D eigenvalue weighted by Crippen LogP contribution is 2.20. The summed E-state index contributed by atoms with van der Waals surface area (Å²) < 4.78 is 36.6. The van der Waals surface area contributed by atoms with Crippen LogP contribution in [0.2, 0.25) is 0 Å². The summed E-state index contributed by atoms with van der Waals surface area (Å²) in [6, 6.07) is 0.913. The molecule has 1 aromatic rings. The molecule has 0 unspecified atom stereocenters. The smallest absolute Gasteiger partial charge is 0.394 e. The third-order valence-electron chi connectivity index (χ3n) is 1.53. The quantitative estimate of drug-likeness (QED) is 0.795. The number of hydrogen-bond acceptors (Lipinski definition) is 2. The second-order valence-corrected chi connectivity index (χ2v) is 2.74. The van der Waals surface area contributed by atoms with Crippen LogP contribution in [0.3, 0.4) is 0 Å². The van der Waals surface area contributed by atoms with Gasteiger partial charge in [0.15, 0.2) is 0 Å². The third-order valence-corrected chi connectivity index (χ3v) is 1.53. The maximum absolute atomic E-state index is 11.9. The van der Waals surface area contributed by atoms with Crippen molar-refractivity contribution in [3.05, 3.63) is 17.5 Å². The lowest BCUT2D eigenvalue weighted by Gasteiger charge is -2.01. The number of rotatable bonds is 2. The zero-order valence-electron chi connectivity index (χ0n) is 7.17. The first-order valence-corrected chi connectivity index (χ1v) is 3.62. The number of aromatic nitrogens is 2. The van der Waals surface area contributed by atoms with E-state index >= 15 is 0 Å². The number of halogens is 3. The van der Waals surface area contributed by atoms with Crippen LogP contribution < -0.4 is 0 Å². The maximum Gasteiger partial charge on any atom is 0.394 e. The van der Waals surface area contributed by atoms with E-state index in [0.29, 0.717) is 0 Å². The van der Waals surface area contributed by atoms with Gasteiger partial charge in [-0.05, 0) is 6.07 Å². The molecule has 0 spiro atoms. The highest BCUT2D eigenvalue weighted by atomic mass is 19.4. The van der Waals surface area contributed by atoms with Gasteiger partial charge in [0.05, 0.1) is 12.1 Å². The Hall–Kier alpha value is -1.53. The lowest BCUT2D eigenvalue weighted by atomic mass is 10.3. The number of aryl methyl sites for hydroxylation is 1. The molecule has 78 valence electrons. The molecule has 0 saturated carbocycles. The van der Waals surface area contributed by atoms with Crippen molar-refractivity contribution in [2.24, 2.45) is 7.05 Å². The van der Waals surface area contributed by atoms with Crippen LogP contribution >= 0.6 is 0 Å². The fourth-order valence-corrected chi connectivity index (χ4v) is 1.02. The van der Waals surface area contributed by atoms with Gasteiger partial charge in [-0.25, -0.2) is 4.79 Å². The zero-order chi connectivity index (χ0) is 10.9. The average molecular weight is 208 g/mol. The van der Waals surface area contributed by atoms with Crippen molar-refractivity contribution in [1.29, 1.82) is 0 Å². The first-order valence-electron chi connectivity index (χ1n) is 3.62. The molecule has 0 aromatic carbocycles. The lowest BCUT2D eigenvalue weighted by molar-refractivity contribution is -0.127. The van der Waals surface area contributed by atoms with Gasteiger partial charge < -0.3 is 5.11 Å². The van der Waals surface area contributed by atoms with E-state index < -0.39 is 18.6 Å². The number of alkyl halides is 3. The Bertz CT molecular complexity index is 356. The average Bonchev–Trinajstić information content (AvgIpc) is 2.26. The summed E-state index contributed by atoms with van der Waals surface area (Å²) in [6.45, 7) is 0. The number of carboxylic acids is 1. The number of carboxylic acid groups (broad SMARTS) is 1. The van der Waals surface area contributed by atoms with E-state index in [9.17, 15) is 18.0 Å². The predicted molar refractivity (Wildman–Crippen MR) is 39.9 cm³/mol. The summed E-state index contributed by atoms with van der Waals surface area (Å²) in [5, 5.41) is 12.0. The van der Waals surface area contributed by atoms with Gasteiger partial charge in [0, 0.05) is 7.05 Å². The lowest BCUT2D eigenvalue weighted by Crippen LogP contribution is -2.12. The Balaban J connectivity index is 2.92. The summed E-state index contributed by atoms with van der Waals surface area (Å²) in [6.07, 6.45) is -5.59. The van der Waals surface area contributed by atoms with Crippen molar-refractivity contribution in [3.63, 3.8) is 0 Å². The normalized spacial score (nSPS) is 11.7. The van der Waals surface area contributed by atoms with Gasteiger partial charge >= 0.3 is 12.1 Å². The SMILES string of the molecule is Cn1nc(CC(F)(F)F)cc1C(=O)O. The van der Waals surface area contributed by atoms with E-state index in [-0.39, 0.29) is 11.4 Å². The molecule has 1 heterocycles. The fourth-order valence-electron chi connectivity index (χ4n) is 1.02. The fraction of sp³-hybridized carbons (Fsp3) is 0.429. The van der Waals surface area contributed by atoms with E-state index in [0.717, 1.165) is 10.7 Å². The molecule has 0 radical (unpaired) electrons. The van der Waals surface area contributed by atoms with Crippen LogP contribution in [-0.4, -0.2) is 27.0 Å². The van der Waals surface area contributed by atoms with Gasteiger partial charge in [0.1, 0.15) is 5.69 Å². The minimum atomic E-state index is -4.37. The molecule has 1 rings (SSSR count).